The molecule has 3 amide bonds. The Morgan fingerprint density at radius 1 is 1.26 bits per heavy atom. The molecule has 2 N–H and O–H groups in total. The van der Waals surface area contributed by atoms with E-state index in [9.17, 15) is 19.5 Å². The Kier molecular flexibility index (Phi) is 6.88. The number of aryl methyl sites for hydroxylation is 1. The number of ether oxygens (including phenoxy) is 1. The molecule has 2 atom stereocenters. The van der Waals surface area contributed by atoms with Gasteiger partial charge in [-0.1, -0.05) is 35.9 Å². The topological polar surface area (TPSA) is 104 Å². The fourth-order valence-electron chi connectivity index (χ4n) is 4.19. The van der Waals surface area contributed by atoms with Crippen LogP contribution in [-0.4, -0.2) is 58.2 Å². The summed E-state index contributed by atoms with van der Waals surface area (Å²) < 4.78 is 7.93. The number of para-hydroxylation sites is 2. The number of hydrogen-bond donors (Lipinski definition) is 2. The zero-order valence-corrected chi connectivity index (χ0v) is 20.5. The van der Waals surface area contributed by atoms with Gasteiger partial charge in [0.1, 0.15) is 24.4 Å². The standard InChI is InChI=1S/C25H27ClN4O5/c1-4-29-13-17(26)22-16(8-7-10-20(22)29)12-30-19-9-5-6-11-21(19)35-14-18(24(30)32)27-23(31)15(2)28(3)25(33)34/h5-11,13,15,18H,4,12,14H2,1-3H3,(H,27,31)(H,33,34)/t15?,18-/m0/s1. The second-order valence-electron chi connectivity index (χ2n) is 8.41. The molecule has 0 spiro atoms. The lowest BCUT2D eigenvalue weighted by atomic mass is 10.1. The first-order chi connectivity index (χ1) is 16.7. The van der Waals surface area contributed by atoms with Gasteiger partial charge >= 0.3 is 6.09 Å². The second-order valence-corrected chi connectivity index (χ2v) is 8.82. The van der Waals surface area contributed by atoms with Crippen LogP contribution in [0.1, 0.15) is 19.4 Å². The molecule has 0 saturated carbocycles. The molecule has 184 valence electrons. The Balaban J connectivity index is 1.69. The molecule has 4 rings (SSSR count). The molecule has 35 heavy (non-hydrogen) atoms. The number of nitrogens with one attached hydrogen (secondary N) is 1. The molecule has 3 aromatic rings. The number of carbonyl (C=O) groups excluding carboxylic acids is 2. The van der Waals surface area contributed by atoms with E-state index in [-0.39, 0.29) is 19.1 Å². The predicted octanol–water partition coefficient (Wildman–Crippen LogP) is 3.72. The molecular weight excluding hydrogens is 472 g/mol. The molecular formula is C25H27ClN4O5. The fourth-order valence-corrected chi connectivity index (χ4v) is 4.53. The summed E-state index contributed by atoms with van der Waals surface area (Å²) in [5, 5.41) is 13.3. The largest absolute Gasteiger partial charge is 0.489 e. The van der Waals surface area contributed by atoms with Gasteiger partial charge in [-0.15, -0.1) is 0 Å². The molecule has 9 nitrogen and oxygen atoms in total. The number of halogens is 1. The van der Waals surface area contributed by atoms with Gasteiger partial charge in [0, 0.05) is 30.7 Å². The summed E-state index contributed by atoms with van der Waals surface area (Å²) in [4.78, 5) is 40.2. The van der Waals surface area contributed by atoms with Crippen LogP contribution in [0.15, 0.2) is 48.7 Å². The van der Waals surface area contributed by atoms with E-state index in [2.05, 4.69) is 5.32 Å². The molecule has 1 aliphatic heterocycles. The summed E-state index contributed by atoms with van der Waals surface area (Å²) in [5.41, 5.74) is 2.40. The Labute approximate surface area is 207 Å². The van der Waals surface area contributed by atoms with Crippen LogP contribution in [0.5, 0.6) is 5.75 Å². The first-order valence-electron chi connectivity index (χ1n) is 11.3. The maximum absolute atomic E-state index is 13.7. The second kappa shape index (κ2) is 9.87. The summed E-state index contributed by atoms with van der Waals surface area (Å²) in [6.07, 6.45) is 0.634. The van der Waals surface area contributed by atoms with Crippen LogP contribution >= 0.6 is 11.6 Å². The van der Waals surface area contributed by atoms with Crippen molar-refractivity contribution >= 4 is 46.1 Å². The minimum Gasteiger partial charge on any atom is -0.489 e. The summed E-state index contributed by atoms with van der Waals surface area (Å²) in [6.45, 7) is 4.37. The summed E-state index contributed by atoms with van der Waals surface area (Å²) in [6, 6.07) is 11.0. The molecule has 0 saturated heterocycles. The van der Waals surface area contributed by atoms with E-state index in [1.54, 1.807) is 17.0 Å². The number of benzene rings is 2. The van der Waals surface area contributed by atoms with Gasteiger partial charge in [-0.25, -0.2) is 4.79 Å². The molecule has 1 unspecified atom stereocenters. The molecule has 0 aliphatic carbocycles. The first kappa shape index (κ1) is 24.4. The van der Waals surface area contributed by atoms with E-state index in [0.717, 1.165) is 27.9 Å². The number of amides is 3. The van der Waals surface area contributed by atoms with Crippen LogP contribution < -0.4 is 15.0 Å². The van der Waals surface area contributed by atoms with Crippen molar-refractivity contribution in [3.05, 3.63) is 59.2 Å². The van der Waals surface area contributed by atoms with Crippen LogP contribution in [0.3, 0.4) is 0 Å². The first-order valence-corrected chi connectivity index (χ1v) is 11.7. The molecule has 2 heterocycles. The third-order valence-electron chi connectivity index (χ3n) is 6.32. The Bertz CT molecular complexity index is 1290. The van der Waals surface area contributed by atoms with Crippen LogP contribution in [0.25, 0.3) is 10.9 Å². The number of carboxylic acid groups (broad SMARTS) is 1. The lowest BCUT2D eigenvalue weighted by molar-refractivity contribution is -0.130. The lowest BCUT2D eigenvalue weighted by Crippen LogP contribution is -2.55. The fraction of sp³-hybridized carbons (Fsp3) is 0.320. The van der Waals surface area contributed by atoms with Gasteiger partial charge in [-0.2, -0.15) is 0 Å². The van der Waals surface area contributed by atoms with E-state index in [0.29, 0.717) is 16.5 Å². The van der Waals surface area contributed by atoms with E-state index in [4.69, 9.17) is 16.3 Å². The van der Waals surface area contributed by atoms with Crippen molar-refractivity contribution in [1.29, 1.82) is 0 Å². The third-order valence-corrected chi connectivity index (χ3v) is 6.61. The van der Waals surface area contributed by atoms with Gasteiger partial charge in [-0.05, 0) is 37.6 Å². The van der Waals surface area contributed by atoms with Crippen LogP contribution in [0.2, 0.25) is 5.02 Å². The SMILES string of the molecule is CCn1cc(Cl)c2c(CN3C(=O)[C@@H](NC(=O)C(C)N(C)C(=O)O)COc4ccccc43)cccc21. The van der Waals surface area contributed by atoms with E-state index in [1.165, 1.54) is 14.0 Å². The lowest BCUT2D eigenvalue weighted by Gasteiger charge is -2.27. The van der Waals surface area contributed by atoms with Crippen molar-refractivity contribution in [2.75, 3.05) is 18.6 Å². The Morgan fingerprint density at radius 3 is 2.71 bits per heavy atom. The molecule has 10 heteroatoms. The van der Waals surface area contributed by atoms with Gasteiger partial charge in [0.2, 0.25) is 5.91 Å². The van der Waals surface area contributed by atoms with Crippen molar-refractivity contribution in [3.63, 3.8) is 0 Å². The highest BCUT2D eigenvalue weighted by atomic mass is 35.5. The van der Waals surface area contributed by atoms with Crippen molar-refractivity contribution in [1.82, 2.24) is 14.8 Å². The molecule has 0 bridgehead atoms. The summed E-state index contributed by atoms with van der Waals surface area (Å²) in [5.74, 6) is -0.442. The van der Waals surface area contributed by atoms with Gasteiger partial charge in [0.05, 0.1) is 17.3 Å². The quantitative estimate of drug-likeness (QED) is 0.539. The number of hydrogen-bond acceptors (Lipinski definition) is 4. The van der Waals surface area contributed by atoms with E-state index in [1.807, 2.05) is 48.0 Å². The molecule has 0 radical (unpaired) electrons. The summed E-state index contributed by atoms with van der Waals surface area (Å²) >= 11 is 6.58. The molecule has 1 aromatic heterocycles. The highest BCUT2D eigenvalue weighted by Crippen LogP contribution is 2.35. The highest BCUT2D eigenvalue weighted by Gasteiger charge is 2.34. The van der Waals surface area contributed by atoms with Crippen LogP contribution in [0.4, 0.5) is 10.5 Å². The van der Waals surface area contributed by atoms with Crippen molar-refractivity contribution in [3.8, 4) is 5.75 Å². The minimum atomic E-state index is -1.24. The highest BCUT2D eigenvalue weighted by molar-refractivity contribution is 6.36. The number of aromatic nitrogens is 1. The van der Waals surface area contributed by atoms with E-state index >= 15 is 0 Å². The monoisotopic (exact) mass is 498 g/mol. The maximum atomic E-state index is 13.7. The third kappa shape index (κ3) is 4.64. The number of rotatable bonds is 6. The van der Waals surface area contributed by atoms with Gasteiger partial charge in [0.25, 0.3) is 5.91 Å². The predicted molar refractivity (Wildman–Crippen MR) is 133 cm³/mol. The van der Waals surface area contributed by atoms with E-state index < -0.39 is 24.1 Å². The van der Waals surface area contributed by atoms with Crippen LogP contribution in [0, 0.1) is 0 Å². The van der Waals surface area contributed by atoms with Crippen LogP contribution in [-0.2, 0) is 22.7 Å². The maximum Gasteiger partial charge on any atom is 0.407 e. The van der Waals surface area contributed by atoms with Gasteiger partial charge < -0.3 is 24.6 Å². The number of nitrogens with zero attached hydrogens (tertiary/aromatic N) is 3. The van der Waals surface area contributed by atoms with Crippen molar-refractivity contribution < 1.29 is 24.2 Å². The van der Waals surface area contributed by atoms with Crippen molar-refractivity contribution in [2.24, 2.45) is 0 Å². The molecule has 0 fully saturated rings. The Hall–Kier alpha value is -3.72. The zero-order valence-electron chi connectivity index (χ0n) is 19.7. The number of carbonyl (C=O) groups is 3. The molecule has 1 aliphatic rings. The average molecular weight is 499 g/mol. The van der Waals surface area contributed by atoms with Gasteiger partial charge in [0.15, 0.2) is 0 Å². The number of anilines is 1. The van der Waals surface area contributed by atoms with Crippen molar-refractivity contribution in [2.45, 2.75) is 39.0 Å². The normalized spacial score (nSPS) is 16.3. The average Bonchev–Trinajstić information content (AvgIpc) is 3.13. The minimum absolute atomic E-state index is 0.0846. The van der Waals surface area contributed by atoms with Gasteiger partial charge in [-0.3, -0.25) is 14.5 Å². The smallest absolute Gasteiger partial charge is 0.407 e. The molecule has 2 aromatic carbocycles. The summed E-state index contributed by atoms with van der Waals surface area (Å²) in [7, 11) is 1.30. The Morgan fingerprint density at radius 2 is 2.00 bits per heavy atom. The zero-order chi connectivity index (χ0) is 25.3. The number of likely N-dealkylation sites (N-methyl/N-ethyl adjacent to an activating group) is 1. The number of fused-ring (bicyclic) bond motifs is 2.